The smallest absolute Gasteiger partial charge is 0.267 e. The van der Waals surface area contributed by atoms with Crippen molar-refractivity contribution >= 4 is 33.3 Å². The average molecular weight is 427 g/mol. The summed E-state index contributed by atoms with van der Waals surface area (Å²) in [5, 5.41) is 1.71. The Hall–Kier alpha value is -1.59. The van der Waals surface area contributed by atoms with E-state index >= 15 is 0 Å². The summed E-state index contributed by atoms with van der Waals surface area (Å²) in [6, 6.07) is 10.0. The highest BCUT2D eigenvalue weighted by molar-refractivity contribution is 7.99. The lowest BCUT2D eigenvalue weighted by Crippen LogP contribution is -2.22. The number of benzene rings is 1. The lowest BCUT2D eigenvalue weighted by Gasteiger charge is -2.17. The minimum Gasteiger partial charge on any atom is -0.268 e. The number of unbranched alkanes of at least 4 members (excludes halogenated alkanes) is 4. The van der Waals surface area contributed by atoms with Crippen molar-refractivity contribution in [3.05, 3.63) is 51.1 Å². The van der Waals surface area contributed by atoms with Gasteiger partial charge in [-0.15, -0.1) is 11.3 Å². The molecule has 3 aromatic rings. The zero-order valence-electron chi connectivity index (χ0n) is 17.4. The van der Waals surface area contributed by atoms with Crippen molar-refractivity contribution < 1.29 is 0 Å². The molecular formula is C24H30N2OS2. The van der Waals surface area contributed by atoms with Crippen LogP contribution < -0.4 is 5.56 Å². The van der Waals surface area contributed by atoms with Gasteiger partial charge in [-0.3, -0.25) is 9.36 Å². The molecule has 0 radical (unpaired) electrons. The maximum Gasteiger partial charge on any atom is 0.267 e. The molecule has 0 amide bonds. The minimum absolute atomic E-state index is 0.113. The fourth-order valence-electron chi connectivity index (χ4n) is 4.14. The molecule has 4 rings (SSSR count). The summed E-state index contributed by atoms with van der Waals surface area (Å²) in [6.45, 7) is 4.55. The molecule has 3 nitrogen and oxygen atoms in total. The highest BCUT2D eigenvalue weighted by atomic mass is 32.2. The Labute approximate surface area is 181 Å². The second kappa shape index (κ2) is 9.48. The van der Waals surface area contributed by atoms with Crippen LogP contribution in [0.15, 0.2) is 40.3 Å². The average Bonchev–Trinajstić information content (AvgIpc) is 3.08. The maximum absolute atomic E-state index is 13.7. The predicted octanol–water partition coefficient (Wildman–Crippen LogP) is 6.63. The van der Waals surface area contributed by atoms with Crippen LogP contribution in [-0.4, -0.2) is 15.3 Å². The number of hydrogen-bond acceptors (Lipinski definition) is 4. The Morgan fingerprint density at radius 3 is 2.76 bits per heavy atom. The molecule has 1 unspecified atom stereocenters. The Bertz CT molecular complexity index is 1020. The second-order valence-electron chi connectivity index (χ2n) is 8.17. The SMILES string of the molecule is CCCCCCCSc1nc2sc3c(c2c(=O)n1-c1ccccc1)CCC(C)C3. The molecule has 1 aromatic carbocycles. The maximum atomic E-state index is 13.7. The number of thioether (sulfide) groups is 1. The lowest BCUT2D eigenvalue weighted by molar-refractivity contribution is 0.509. The molecule has 1 aliphatic carbocycles. The molecular weight excluding hydrogens is 396 g/mol. The van der Waals surface area contributed by atoms with E-state index in [-0.39, 0.29) is 5.56 Å². The van der Waals surface area contributed by atoms with Crippen LogP contribution in [0.5, 0.6) is 0 Å². The molecule has 2 aromatic heterocycles. The molecule has 5 heteroatoms. The van der Waals surface area contributed by atoms with E-state index in [1.165, 1.54) is 42.5 Å². The molecule has 2 heterocycles. The number of fused-ring (bicyclic) bond motifs is 3. The van der Waals surface area contributed by atoms with Gasteiger partial charge in [-0.1, -0.05) is 69.5 Å². The van der Waals surface area contributed by atoms with Gasteiger partial charge < -0.3 is 0 Å². The fourth-order valence-corrected chi connectivity index (χ4v) is 6.58. The van der Waals surface area contributed by atoms with Crippen molar-refractivity contribution in [2.24, 2.45) is 5.92 Å². The summed E-state index contributed by atoms with van der Waals surface area (Å²) in [6.07, 6.45) is 9.55. The molecule has 154 valence electrons. The van der Waals surface area contributed by atoms with Gasteiger partial charge in [0.25, 0.3) is 5.56 Å². The van der Waals surface area contributed by atoms with Gasteiger partial charge in [0.05, 0.1) is 11.1 Å². The lowest BCUT2D eigenvalue weighted by atomic mass is 9.89. The van der Waals surface area contributed by atoms with Gasteiger partial charge in [0, 0.05) is 10.6 Å². The zero-order chi connectivity index (χ0) is 20.2. The van der Waals surface area contributed by atoms with Gasteiger partial charge in [-0.25, -0.2) is 4.98 Å². The van der Waals surface area contributed by atoms with Crippen molar-refractivity contribution in [3.63, 3.8) is 0 Å². The largest absolute Gasteiger partial charge is 0.268 e. The van der Waals surface area contributed by atoms with E-state index in [0.717, 1.165) is 46.1 Å². The summed E-state index contributed by atoms with van der Waals surface area (Å²) in [5.74, 6) is 1.71. The van der Waals surface area contributed by atoms with E-state index in [0.29, 0.717) is 5.92 Å². The molecule has 0 bridgehead atoms. The number of aryl methyl sites for hydroxylation is 1. The van der Waals surface area contributed by atoms with E-state index in [4.69, 9.17) is 4.98 Å². The van der Waals surface area contributed by atoms with Gasteiger partial charge in [0.15, 0.2) is 5.16 Å². The van der Waals surface area contributed by atoms with Gasteiger partial charge >= 0.3 is 0 Å². The fraction of sp³-hybridized carbons (Fsp3) is 0.500. The zero-order valence-corrected chi connectivity index (χ0v) is 19.1. The molecule has 0 fully saturated rings. The molecule has 0 saturated carbocycles. The van der Waals surface area contributed by atoms with Gasteiger partial charge in [0.1, 0.15) is 4.83 Å². The Kier molecular flexibility index (Phi) is 6.76. The van der Waals surface area contributed by atoms with Crippen LogP contribution in [0.2, 0.25) is 0 Å². The van der Waals surface area contributed by atoms with Gasteiger partial charge in [0.2, 0.25) is 0 Å². The predicted molar refractivity (Wildman–Crippen MR) is 126 cm³/mol. The van der Waals surface area contributed by atoms with E-state index in [2.05, 4.69) is 13.8 Å². The molecule has 0 aliphatic heterocycles. The van der Waals surface area contributed by atoms with Crippen LogP contribution >= 0.6 is 23.1 Å². The summed E-state index contributed by atoms with van der Waals surface area (Å²) in [7, 11) is 0. The van der Waals surface area contributed by atoms with E-state index in [1.54, 1.807) is 23.1 Å². The number of para-hydroxylation sites is 1. The van der Waals surface area contributed by atoms with Gasteiger partial charge in [-0.05, 0) is 49.3 Å². The molecule has 29 heavy (non-hydrogen) atoms. The van der Waals surface area contributed by atoms with E-state index < -0.39 is 0 Å². The molecule has 0 saturated heterocycles. The van der Waals surface area contributed by atoms with Crippen molar-refractivity contribution in [2.75, 3.05) is 5.75 Å². The third-order valence-electron chi connectivity index (χ3n) is 5.79. The summed E-state index contributed by atoms with van der Waals surface area (Å²) >= 11 is 3.48. The van der Waals surface area contributed by atoms with Crippen LogP contribution in [0.1, 0.15) is 62.8 Å². The van der Waals surface area contributed by atoms with Crippen molar-refractivity contribution in [1.29, 1.82) is 0 Å². The van der Waals surface area contributed by atoms with Crippen LogP contribution in [0, 0.1) is 5.92 Å². The highest BCUT2D eigenvalue weighted by Crippen LogP contribution is 2.37. The Balaban J connectivity index is 1.72. The van der Waals surface area contributed by atoms with Crippen molar-refractivity contribution in [1.82, 2.24) is 9.55 Å². The molecule has 0 N–H and O–H groups in total. The summed E-state index contributed by atoms with van der Waals surface area (Å²) < 4.78 is 1.85. The van der Waals surface area contributed by atoms with Crippen LogP contribution in [0.4, 0.5) is 0 Å². The third kappa shape index (κ3) is 4.46. The second-order valence-corrected chi connectivity index (χ2v) is 10.3. The quantitative estimate of drug-likeness (QED) is 0.230. The summed E-state index contributed by atoms with van der Waals surface area (Å²) in [4.78, 5) is 21.0. The minimum atomic E-state index is 0.113. The standard InChI is InChI=1S/C24H30N2OS2/c1-3-4-5-6-10-15-28-24-25-22-21(19-14-13-17(2)16-20(19)29-22)23(27)26(24)18-11-8-7-9-12-18/h7-9,11-12,17H,3-6,10,13-16H2,1-2H3. The normalized spacial score (nSPS) is 16.3. The third-order valence-corrected chi connectivity index (χ3v) is 7.97. The van der Waals surface area contributed by atoms with Crippen molar-refractivity contribution in [2.45, 2.75) is 70.4 Å². The molecule has 1 atom stereocenters. The first-order valence-corrected chi connectivity index (χ1v) is 12.7. The topological polar surface area (TPSA) is 34.9 Å². The number of thiophene rings is 1. The molecule has 0 spiro atoms. The van der Waals surface area contributed by atoms with Crippen molar-refractivity contribution in [3.8, 4) is 5.69 Å². The van der Waals surface area contributed by atoms with E-state index in [9.17, 15) is 4.79 Å². The Morgan fingerprint density at radius 2 is 1.97 bits per heavy atom. The first-order chi connectivity index (χ1) is 14.2. The van der Waals surface area contributed by atoms with E-state index in [1.807, 2.05) is 34.9 Å². The number of hydrogen-bond donors (Lipinski definition) is 0. The molecule has 1 aliphatic rings. The van der Waals surface area contributed by atoms with Crippen LogP contribution in [-0.2, 0) is 12.8 Å². The number of aromatic nitrogens is 2. The summed E-state index contributed by atoms with van der Waals surface area (Å²) in [5.41, 5.74) is 2.30. The number of rotatable bonds is 8. The highest BCUT2D eigenvalue weighted by Gasteiger charge is 2.25. The first kappa shape index (κ1) is 20.7. The number of nitrogens with zero attached hydrogens (tertiary/aromatic N) is 2. The van der Waals surface area contributed by atoms with Gasteiger partial charge in [-0.2, -0.15) is 0 Å². The monoisotopic (exact) mass is 426 g/mol. The van der Waals surface area contributed by atoms with Crippen LogP contribution in [0.3, 0.4) is 0 Å². The first-order valence-electron chi connectivity index (χ1n) is 10.9. The van der Waals surface area contributed by atoms with Crippen LogP contribution in [0.25, 0.3) is 15.9 Å². The Morgan fingerprint density at radius 1 is 1.17 bits per heavy atom.